The fourth-order valence-electron chi connectivity index (χ4n) is 3.85. The van der Waals surface area contributed by atoms with E-state index in [4.69, 9.17) is 4.74 Å². The number of pyridine rings is 1. The number of fused-ring (bicyclic) bond motifs is 1. The Balaban J connectivity index is 1.25. The summed E-state index contributed by atoms with van der Waals surface area (Å²) in [7, 11) is 0. The molecular weight excluding hydrogens is 320 g/mol. The first-order chi connectivity index (χ1) is 11.8. The largest absolute Gasteiger partial charge is 0.506 e. The van der Waals surface area contributed by atoms with E-state index in [0.717, 1.165) is 54.4 Å². The fourth-order valence-corrected chi connectivity index (χ4v) is 4.67. The lowest BCUT2D eigenvalue weighted by Gasteiger charge is -2.19. The number of nitrogens with zero attached hydrogens (tertiary/aromatic N) is 2. The zero-order valence-electron chi connectivity index (χ0n) is 13.5. The van der Waals surface area contributed by atoms with Gasteiger partial charge in [-0.1, -0.05) is 30.0 Å². The molecule has 1 unspecified atom stereocenters. The molecule has 2 aliphatic rings. The molecule has 2 aromatic rings. The first kappa shape index (κ1) is 15.8. The van der Waals surface area contributed by atoms with E-state index >= 15 is 0 Å². The summed E-state index contributed by atoms with van der Waals surface area (Å²) < 4.78 is 6.13. The zero-order chi connectivity index (χ0) is 16.4. The molecule has 4 rings (SSSR count). The number of ether oxygens (including phenoxy) is 1. The van der Waals surface area contributed by atoms with E-state index in [1.54, 1.807) is 17.8 Å². The van der Waals surface area contributed by atoms with Crippen molar-refractivity contribution in [1.82, 2.24) is 9.88 Å². The lowest BCUT2D eigenvalue weighted by Crippen LogP contribution is -2.24. The third kappa shape index (κ3) is 3.68. The highest BCUT2D eigenvalue weighted by molar-refractivity contribution is 7.99. The third-order valence-corrected chi connectivity index (χ3v) is 5.98. The highest BCUT2D eigenvalue weighted by Crippen LogP contribution is 2.40. The second-order valence-electron chi connectivity index (χ2n) is 6.71. The van der Waals surface area contributed by atoms with Gasteiger partial charge in [-0.2, -0.15) is 0 Å². The first-order valence-electron chi connectivity index (χ1n) is 8.48. The Morgan fingerprint density at radius 2 is 1.83 bits per heavy atom. The Morgan fingerprint density at radius 1 is 1.08 bits per heavy atom. The summed E-state index contributed by atoms with van der Waals surface area (Å²) in [5.41, 5.74) is 0. The summed E-state index contributed by atoms with van der Waals surface area (Å²) in [5.74, 6) is 3.70. The molecule has 24 heavy (non-hydrogen) atoms. The van der Waals surface area contributed by atoms with Gasteiger partial charge < -0.3 is 9.84 Å². The molecule has 126 valence electrons. The molecule has 1 aromatic carbocycles. The maximum atomic E-state index is 9.28. The van der Waals surface area contributed by atoms with Gasteiger partial charge in [-0.25, -0.2) is 4.98 Å². The normalized spacial score (nSPS) is 26.4. The van der Waals surface area contributed by atoms with E-state index in [-0.39, 0.29) is 5.75 Å². The van der Waals surface area contributed by atoms with Gasteiger partial charge in [0.05, 0.1) is 23.2 Å². The summed E-state index contributed by atoms with van der Waals surface area (Å²) in [4.78, 5) is 6.76. The summed E-state index contributed by atoms with van der Waals surface area (Å²) in [5, 5.41) is 10.2. The van der Waals surface area contributed by atoms with Crippen LogP contribution in [0.25, 0.3) is 0 Å². The number of rotatable bonds is 5. The SMILES string of the molecule is Oc1ccc(SCN2C[C@H]3CC(Oc4ccccc4)C[C@H]3C2)nc1. The van der Waals surface area contributed by atoms with Crippen LogP contribution in [0, 0.1) is 11.8 Å². The minimum Gasteiger partial charge on any atom is -0.506 e. The molecule has 3 atom stereocenters. The van der Waals surface area contributed by atoms with Gasteiger partial charge in [0, 0.05) is 13.1 Å². The Hall–Kier alpha value is -1.72. The average molecular weight is 342 g/mol. The number of benzene rings is 1. The number of aromatic hydroxyl groups is 1. The minimum atomic E-state index is 0.222. The summed E-state index contributed by atoms with van der Waals surface area (Å²) in [6.07, 6.45) is 4.21. The Bertz CT molecular complexity index is 651. The van der Waals surface area contributed by atoms with Gasteiger partial charge in [-0.05, 0) is 48.9 Å². The van der Waals surface area contributed by atoms with Gasteiger partial charge in [0.25, 0.3) is 0 Å². The lowest BCUT2D eigenvalue weighted by atomic mass is 10.0. The van der Waals surface area contributed by atoms with Crippen molar-refractivity contribution in [2.75, 3.05) is 19.0 Å². The van der Waals surface area contributed by atoms with Crippen molar-refractivity contribution in [2.24, 2.45) is 11.8 Å². The van der Waals surface area contributed by atoms with E-state index < -0.39 is 0 Å². The van der Waals surface area contributed by atoms with Crippen LogP contribution in [0.4, 0.5) is 0 Å². The lowest BCUT2D eigenvalue weighted by molar-refractivity contribution is 0.189. The average Bonchev–Trinajstić information content (AvgIpc) is 3.13. The highest BCUT2D eigenvalue weighted by atomic mass is 32.2. The highest BCUT2D eigenvalue weighted by Gasteiger charge is 2.41. The number of para-hydroxylation sites is 1. The van der Waals surface area contributed by atoms with Crippen molar-refractivity contribution in [3.8, 4) is 11.5 Å². The van der Waals surface area contributed by atoms with Gasteiger partial charge in [0.15, 0.2) is 0 Å². The number of hydrogen-bond donors (Lipinski definition) is 1. The van der Waals surface area contributed by atoms with E-state index in [2.05, 4.69) is 9.88 Å². The smallest absolute Gasteiger partial charge is 0.133 e. The predicted molar refractivity (Wildman–Crippen MR) is 95.3 cm³/mol. The molecule has 1 aliphatic heterocycles. The molecule has 1 N–H and O–H groups in total. The summed E-state index contributed by atoms with van der Waals surface area (Å²) in [6, 6.07) is 13.7. The van der Waals surface area contributed by atoms with Crippen LogP contribution in [0.2, 0.25) is 0 Å². The quantitative estimate of drug-likeness (QED) is 0.841. The maximum absolute atomic E-state index is 9.28. The van der Waals surface area contributed by atoms with Crippen LogP contribution in [0.15, 0.2) is 53.7 Å². The third-order valence-electron chi connectivity index (χ3n) is 4.95. The molecule has 1 saturated heterocycles. The number of hydrogen-bond acceptors (Lipinski definition) is 5. The van der Waals surface area contributed by atoms with Crippen LogP contribution in [-0.2, 0) is 0 Å². The van der Waals surface area contributed by atoms with Gasteiger partial charge in [0.2, 0.25) is 0 Å². The predicted octanol–water partition coefficient (Wildman–Crippen LogP) is 3.63. The van der Waals surface area contributed by atoms with Crippen molar-refractivity contribution in [3.63, 3.8) is 0 Å². The minimum absolute atomic E-state index is 0.222. The van der Waals surface area contributed by atoms with Crippen molar-refractivity contribution in [3.05, 3.63) is 48.7 Å². The molecule has 0 radical (unpaired) electrons. The topological polar surface area (TPSA) is 45.6 Å². The second-order valence-corrected chi connectivity index (χ2v) is 7.67. The first-order valence-corrected chi connectivity index (χ1v) is 9.47. The molecular formula is C19H22N2O2S. The molecule has 0 spiro atoms. The van der Waals surface area contributed by atoms with Crippen molar-refractivity contribution >= 4 is 11.8 Å². The summed E-state index contributed by atoms with van der Waals surface area (Å²) >= 11 is 1.74. The molecule has 0 amide bonds. The molecule has 2 fully saturated rings. The number of thioether (sulfide) groups is 1. The van der Waals surface area contributed by atoms with Crippen LogP contribution in [0.1, 0.15) is 12.8 Å². The van der Waals surface area contributed by atoms with E-state index in [0.29, 0.717) is 6.10 Å². The fraction of sp³-hybridized carbons (Fsp3) is 0.421. The Labute approximate surface area is 146 Å². The zero-order valence-corrected chi connectivity index (χ0v) is 14.4. The van der Waals surface area contributed by atoms with Crippen LogP contribution in [0.5, 0.6) is 11.5 Å². The summed E-state index contributed by atoms with van der Waals surface area (Å²) in [6.45, 7) is 2.31. The Morgan fingerprint density at radius 3 is 2.50 bits per heavy atom. The van der Waals surface area contributed by atoms with Crippen LogP contribution >= 0.6 is 11.8 Å². The molecule has 2 heterocycles. The van der Waals surface area contributed by atoms with Crippen molar-refractivity contribution < 1.29 is 9.84 Å². The second kappa shape index (κ2) is 7.03. The molecule has 4 nitrogen and oxygen atoms in total. The standard InChI is InChI=1S/C19H22N2O2S/c22-16-6-7-19(20-10-16)24-13-21-11-14-8-18(9-15(14)12-21)23-17-4-2-1-3-5-17/h1-7,10,14-15,18,22H,8-9,11-13H2/t14-,15+,18?. The van der Waals surface area contributed by atoms with Gasteiger partial charge in [0.1, 0.15) is 11.5 Å². The van der Waals surface area contributed by atoms with Gasteiger partial charge >= 0.3 is 0 Å². The number of aromatic nitrogens is 1. The maximum Gasteiger partial charge on any atom is 0.133 e. The van der Waals surface area contributed by atoms with E-state index in [1.807, 2.05) is 36.4 Å². The van der Waals surface area contributed by atoms with Crippen LogP contribution in [-0.4, -0.2) is 40.1 Å². The molecule has 1 aliphatic carbocycles. The van der Waals surface area contributed by atoms with Gasteiger partial charge in [-0.15, -0.1) is 0 Å². The monoisotopic (exact) mass is 342 g/mol. The van der Waals surface area contributed by atoms with Crippen LogP contribution in [0.3, 0.4) is 0 Å². The van der Waals surface area contributed by atoms with Crippen molar-refractivity contribution in [1.29, 1.82) is 0 Å². The van der Waals surface area contributed by atoms with E-state index in [1.165, 1.54) is 6.20 Å². The van der Waals surface area contributed by atoms with Crippen LogP contribution < -0.4 is 4.74 Å². The molecule has 5 heteroatoms. The molecule has 1 aromatic heterocycles. The molecule has 0 bridgehead atoms. The Kier molecular flexibility index (Phi) is 4.63. The van der Waals surface area contributed by atoms with Crippen molar-refractivity contribution in [2.45, 2.75) is 24.0 Å². The van der Waals surface area contributed by atoms with E-state index in [9.17, 15) is 5.11 Å². The number of likely N-dealkylation sites (tertiary alicyclic amines) is 1. The molecule has 1 saturated carbocycles. The van der Waals surface area contributed by atoms with Gasteiger partial charge in [-0.3, -0.25) is 4.90 Å².